The molecule has 0 spiro atoms. The van der Waals surface area contributed by atoms with E-state index < -0.39 is 21.7 Å². The molecule has 1 saturated heterocycles. The molecule has 1 fully saturated rings. The number of likely N-dealkylation sites (N-methyl/N-ethyl adjacent to an activating group) is 1. The molecule has 0 bridgehead atoms. The van der Waals surface area contributed by atoms with E-state index in [1.165, 1.54) is 15.6 Å². The number of carbonyl (C=O) groups is 1. The summed E-state index contributed by atoms with van der Waals surface area (Å²) < 4.78 is 32.0. The van der Waals surface area contributed by atoms with E-state index in [2.05, 4.69) is 0 Å². The molecule has 1 unspecified atom stereocenters. The Balaban J connectivity index is 2.03. The number of sulfonamides is 1. The number of carbonyl (C=O) groups excluding carboxylic acids is 1. The molecule has 0 saturated carbocycles. The minimum absolute atomic E-state index is 0.223. The van der Waals surface area contributed by atoms with Gasteiger partial charge in [0.1, 0.15) is 9.81 Å². The highest BCUT2D eigenvalue weighted by molar-refractivity contribution is 7.91. The molecule has 2 heterocycles. The van der Waals surface area contributed by atoms with Crippen molar-refractivity contribution in [3.8, 4) is 0 Å². The van der Waals surface area contributed by atoms with Crippen molar-refractivity contribution in [1.82, 2.24) is 9.21 Å². The molecular formula is C14H22N2O4S2. The summed E-state index contributed by atoms with van der Waals surface area (Å²) in [7, 11) is -1.92. The monoisotopic (exact) mass is 346 g/mol. The van der Waals surface area contributed by atoms with Gasteiger partial charge in [0.15, 0.2) is 0 Å². The van der Waals surface area contributed by atoms with Crippen molar-refractivity contribution in [3.05, 3.63) is 17.5 Å². The molecule has 0 aliphatic carbocycles. The summed E-state index contributed by atoms with van der Waals surface area (Å²) >= 11 is 1.20. The lowest BCUT2D eigenvalue weighted by Gasteiger charge is -2.26. The second-order valence-electron chi connectivity index (χ2n) is 6.32. The third kappa shape index (κ3) is 3.80. The lowest BCUT2D eigenvalue weighted by molar-refractivity contribution is 0.0287. The maximum Gasteiger partial charge on any atom is 0.410 e. The maximum absolute atomic E-state index is 12.5. The van der Waals surface area contributed by atoms with E-state index in [0.29, 0.717) is 23.7 Å². The van der Waals surface area contributed by atoms with Gasteiger partial charge in [-0.1, -0.05) is 6.07 Å². The lowest BCUT2D eigenvalue weighted by atomic mass is 10.2. The Morgan fingerprint density at radius 1 is 1.45 bits per heavy atom. The van der Waals surface area contributed by atoms with Gasteiger partial charge in [0, 0.05) is 26.2 Å². The van der Waals surface area contributed by atoms with E-state index in [9.17, 15) is 13.2 Å². The third-order valence-corrected chi connectivity index (χ3v) is 6.74. The van der Waals surface area contributed by atoms with Gasteiger partial charge in [0.05, 0.1) is 0 Å². The first-order chi connectivity index (χ1) is 10.1. The van der Waals surface area contributed by atoms with Crippen LogP contribution in [0, 0.1) is 0 Å². The summed E-state index contributed by atoms with van der Waals surface area (Å²) in [6, 6.07) is 3.09. The third-order valence-electron chi connectivity index (χ3n) is 3.46. The zero-order valence-electron chi connectivity index (χ0n) is 13.3. The van der Waals surface area contributed by atoms with Crippen LogP contribution >= 0.6 is 11.3 Å². The van der Waals surface area contributed by atoms with Crippen LogP contribution in [0.25, 0.3) is 0 Å². The Morgan fingerprint density at radius 2 is 2.14 bits per heavy atom. The van der Waals surface area contributed by atoms with Gasteiger partial charge in [0.25, 0.3) is 10.0 Å². The van der Waals surface area contributed by atoms with Gasteiger partial charge in [-0.25, -0.2) is 13.2 Å². The predicted molar refractivity (Wildman–Crippen MR) is 85.5 cm³/mol. The average molecular weight is 346 g/mol. The molecule has 22 heavy (non-hydrogen) atoms. The molecule has 1 aromatic rings. The van der Waals surface area contributed by atoms with Gasteiger partial charge < -0.3 is 9.64 Å². The Kier molecular flexibility index (Phi) is 4.84. The van der Waals surface area contributed by atoms with Crippen LogP contribution in [0.1, 0.15) is 27.2 Å². The van der Waals surface area contributed by atoms with Crippen LogP contribution in [0.15, 0.2) is 21.7 Å². The summed E-state index contributed by atoms with van der Waals surface area (Å²) in [6.45, 7) is 6.30. The van der Waals surface area contributed by atoms with Gasteiger partial charge in [0.2, 0.25) is 0 Å². The van der Waals surface area contributed by atoms with Crippen molar-refractivity contribution in [2.75, 3.05) is 20.1 Å². The van der Waals surface area contributed by atoms with Gasteiger partial charge in [-0.15, -0.1) is 11.3 Å². The summed E-state index contributed by atoms with van der Waals surface area (Å²) in [5.74, 6) is 0. The van der Waals surface area contributed by atoms with Crippen LogP contribution in [-0.4, -0.2) is 55.5 Å². The highest BCUT2D eigenvalue weighted by Crippen LogP contribution is 2.25. The van der Waals surface area contributed by atoms with Crippen molar-refractivity contribution in [1.29, 1.82) is 0 Å². The molecule has 0 aromatic carbocycles. The number of ether oxygens (including phenoxy) is 1. The van der Waals surface area contributed by atoms with Crippen LogP contribution in [-0.2, 0) is 14.8 Å². The summed E-state index contributed by atoms with van der Waals surface area (Å²) in [5, 5.41) is 1.74. The molecule has 2 rings (SSSR count). The van der Waals surface area contributed by atoms with Gasteiger partial charge in [-0.3, -0.25) is 0 Å². The van der Waals surface area contributed by atoms with Crippen LogP contribution in [0.3, 0.4) is 0 Å². The number of hydrogen-bond acceptors (Lipinski definition) is 5. The molecule has 1 aliphatic rings. The Labute approximate surface area is 135 Å². The maximum atomic E-state index is 12.5. The van der Waals surface area contributed by atoms with Crippen molar-refractivity contribution in [2.45, 2.75) is 43.0 Å². The summed E-state index contributed by atoms with van der Waals surface area (Å²) in [4.78, 5) is 13.6. The number of hydrogen-bond donors (Lipinski definition) is 0. The van der Waals surface area contributed by atoms with E-state index in [4.69, 9.17) is 4.74 Å². The van der Waals surface area contributed by atoms with Crippen molar-refractivity contribution >= 4 is 27.5 Å². The Morgan fingerprint density at radius 3 is 2.68 bits per heavy atom. The minimum atomic E-state index is -3.49. The Hall–Kier alpha value is -1.12. The van der Waals surface area contributed by atoms with E-state index in [0.717, 1.165) is 0 Å². The fourth-order valence-corrected chi connectivity index (χ4v) is 4.83. The zero-order valence-corrected chi connectivity index (χ0v) is 14.9. The zero-order chi connectivity index (χ0) is 16.5. The largest absolute Gasteiger partial charge is 0.444 e. The minimum Gasteiger partial charge on any atom is -0.444 e. The molecule has 1 atom stereocenters. The highest BCUT2D eigenvalue weighted by Gasteiger charge is 2.36. The predicted octanol–water partition coefficient (Wildman–Crippen LogP) is 2.38. The van der Waals surface area contributed by atoms with Gasteiger partial charge in [-0.2, -0.15) is 4.31 Å². The lowest BCUT2D eigenvalue weighted by Crippen LogP contribution is -2.41. The number of amides is 1. The molecule has 6 nitrogen and oxygen atoms in total. The fourth-order valence-electron chi connectivity index (χ4n) is 2.28. The van der Waals surface area contributed by atoms with E-state index in [1.54, 1.807) is 29.5 Å². The standard InChI is InChI=1S/C14H22N2O4S2/c1-14(2,3)20-13(17)16-8-7-11(10-16)15(4)22(18,19)12-6-5-9-21-12/h5-6,9,11H,7-8,10H2,1-4H3. The number of likely N-dealkylation sites (tertiary alicyclic amines) is 1. The molecule has 0 radical (unpaired) electrons. The number of nitrogens with zero attached hydrogens (tertiary/aromatic N) is 2. The van der Waals surface area contributed by atoms with Gasteiger partial charge in [-0.05, 0) is 38.6 Å². The fraction of sp³-hybridized carbons (Fsp3) is 0.643. The van der Waals surface area contributed by atoms with Crippen molar-refractivity contribution in [2.24, 2.45) is 0 Å². The topological polar surface area (TPSA) is 66.9 Å². The van der Waals surface area contributed by atoms with E-state index >= 15 is 0 Å². The normalized spacial score (nSPS) is 19.7. The quantitative estimate of drug-likeness (QED) is 0.843. The highest BCUT2D eigenvalue weighted by atomic mass is 32.2. The summed E-state index contributed by atoms with van der Waals surface area (Å²) in [5.41, 5.74) is -0.551. The second kappa shape index (κ2) is 6.17. The van der Waals surface area contributed by atoms with Crippen LogP contribution in [0.4, 0.5) is 4.79 Å². The van der Waals surface area contributed by atoms with Gasteiger partial charge >= 0.3 is 6.09 Å². The molecular weight excluding hydrogens is 324 g/mol. The molecule has 0 N–H and O–H groups in total. The van der Waals surface area contributed by atoms with Crippen molar-refractivity contribution < 1.29 is 17.9 Å². The smallest absolute Gasteiger partial charge is 0.410 e. The average Bonchev–Trinajstić information content (AvgIpc) is 3.07. The number of rotatable bonds is 3. The molecule has 1 aromatic heterocycles. The van der Waals surface area contributed by atoms with Crippen LogP contribution < -0.4 is 0 Å². The molecule has 1 amide bonds. The van der Waals surface area contributed by atoms with E-state index in [1.807, 2.05) is 20.8 Å². The Bertz CT molecular complexity index is 620. The number of thiophene rings is 1. The van der Waals surface area contributed by atoms with Crippen LogP contribution in [0.2, 0.25) is 0 Å². The first-order valence-electron chi connectivity index (χ1n) is 7.11. The molecule has 1 aliphatic heterocycles. The summed E-state index contributed by atoms with van der Waals surface area (Å²) in [6.07, 6.45) is 0.220. The SMILES string of the molecule is CN(C1CCN(C(=O)OC(C)(C)C)C1)S(=O)(=O)c1cccs1. The second-order valence-corrected chi connectivity index (χ2v) is 9.49. The molecule has 124 valence electrons. The van der Waals surface area contributed by atoms with Crippen molar-refractivity contribution in [3.63, 3.8) is 0 Å². The first kappa shape index (κ1) is 17.2. The van der Waals surface area contributed by atoms with E-state index in [-0.39, 0.29) is 6.04 Å². The van der Waals surface area contributed by atoms with Crippen LogP contribution in [0.5, 0.6) is 0 Å². The molecule has 8 heteroatoms. The first-order valence-corrected chi connectivity index (χ1v) is 9.43.